The number of thioether (sulfide) groups is 1. The summed E-state index contributed by atoms with van der Waals surface area (Å²) in [5, 5.41) is 10.3. The molecule has 0 amide bonds. The minimum atomic E-state index is -0.990. The molecule has 0 bridgehead atoms. The number of aromatic carboxylic acids is 1. The Morgan fingerprint density at radius 1 is 1.00 bits per heavy atom. The maximum atomic E-state index is 10.8. The number of carbonyl (C=O) groups is 1. The van der Waals surface area contributed by atoms with Gasteiger partial charge in [-0.2, -0.15) is 0 Å². The Morgan fingerprint density at radius 2 is 1.75 bits per heavy atom. The lowest BCUT2D eigenvalue weighted by Gasteiger charge is -2.06. The predicted octanol–water partition coefficient (Wildman–Crippen LogP) is 5.64. The molecule has 0 aliphatic rings. The van der Waals surface area contributed by atoms with Gasteiger partial charge in [0.2, 0.25) is 0 Å². The number of carboxylic acids is 1. The molecule has 0 aromatic heterocycles. The molecular weight excluding hydrogens is 339 g/mol. The summed E-state index contributed by atoms with van der Waals surface area (Å²) in [7, 11) is 0. The van der Waals surface area contributed by atoms with Gasteiger partial charge in [0.25, 0.3) is 0 Å². The van der Waals surface area contributed by atoms with E-state index in [1.165, 1.54) is 6.07 Å². The van der Waals surface area contributed by atoms with E-state index in [0.717, 1.165) is 10.5 Å². The maximum Gasteiger partial charge on any atom is 0.335 e. The van der Waals surface area contributed by atoms with E-state index in [1.54, 1.807) is 36.0 Å². The van der Waals surface area contributed by atoms with E-state index < -0.39 is 5.97 Å². The van der Waals surface area contributed by atoms with Crippen LogP contribution in [-0.2, 0) is 5.75 Å². The predicted molar refractivity (Wildman–Crippen MR) is 84.4 cm³/mol. The van der Waals surface area contributed by atoms with Crippen LogP contribution in [-0.4, -0.2) is 11.1 Å². The molecule has 0 aliphatic heterocycles. The molecule has 6 heteroatoms. The average molecular weight is 348 g/mol. The molecule has 0 heterocycles. The Hall–Kier alpha value is -0.870. The molecule has 2 rings (SSSR count). The maximum absolute atomic E-state index is 10.8. The highest BCUT2D eigenvalue weighted by Gasteiger charge is 2.08. The first-order valence-electron chi connectivity index (χ1n) is 5.57. The zero-order chi connectivity index (χ0) is 14.7. The van der Waals surface area contributed by atoms with Crippen molar-refractivity contribution < 1.29 is 9.90 Å². The van der Waals surface area contributed by atoms with Crippen molar-refractivity contribution in [2.45, 2.75) is 10.6 Å². The number of benzene rings is 2. The fourth-order valence-electron chi connectivity index (χ4n) is 1.53. The van der Waals surface area contributed by atoms with Crippen LogP contribution in [0.25, 0.3) is 0 Å². The van der Waals surface area contributed by atoms with Gasteiger partial charge in [0, 0.05) is 15.7 Å². The molecule has 20 heavy (non-hydrogen) atoms. The Balaban J connectivity index is 2.10. The smallest absolute Gasteiger partial charge is 0.335 e. The summed E-state index contributed by atoms with van der Waals surface area (Å²) in [5.41, 5.74) is 1.05. The quantitative estimate of drug-likeness (QED) is 0.727. The second kappa shape index (κ2) is 6.72. The SMILES string of the molecule is O=C(O)c1ccc(CSc2ccc(Cl)c(Cl)c2)c(Cl)c1. The van der Waals surface area contributed by atoms with E-state index in [9.17, 15) is 4.79 Å². The second-order valence-corrected chi connectivity index (χ2v) is 6.25. The molecule has 2 aromatic rings. The molecule has 0 fully saturated rings. The first-order valence-corrected chi connectivity index (χ1v) is 7.69. The van der Waals surface area contributed by atoms with Crippen molar-refractivity contribution in [3.05, 3.63) is 62.6 Å². The van der Waals surface area contributed by atoms with Gasteiger partial charge in [-0.05, 0) is 35.9 Å². The summed E-state index contributed by atoms with van der Waals surface area (Å²) < 4.78 is 0. The van der Waals surface area contributed by atoms with Gasteiger partial charge in [-0.25, -0.2) is 4.79 Å². The van der Waals surface area contributed by atoms with Gasteiger partial charge in [0.1, 0.15) is 0 Å². The van der Waals surface area contributed by atoms with Crippen LogP contribution in [0.1, 0.15) is 15.9 Å². The third kappa shape index (κ3) is 3.83. The van der Waals surface area contributed by atoms with Crippen molar-refractivity contribution in [1.29, 1.82) is 0 Å². The molecule has 0 radical (unpaired) electrons. The monoisotopic (exact) mass is 346 g/mol. The number of carboxylic acid groups (broad SMARTS) is 1. The highest BCUT2D eigenvalue weighted by Crippen LogP contribution is 2.31. The minimum absolute atomic E-state index is 0.179. The topological polar surface area (TPSA) is 37.3 Å². The Bertz CT molecular complexity index is 659. The van der Waals surface area contributed by atoms with Gasteiger partial charge in [-0.3, -0.25) is 0 Å². The van der Waals surface area contributed by atoms with Gasteiger partial charge < -0.3 is 5.11 Å². The summed E-state index contributed by atoms with van der Waals surface area (Å²) in [4.78, 5) is 11.8. The minimum Gasteiger partial charge on any atom is -0.478 e. The summed E-state index contributed by atoms with van der Waals surface area (Å²) in [6.45, 7) is 0. The van der Waals surface area contributed by atoms with Crippen molar-refractivity contribution >= 4 is 52.5 Å². The van der Waals surface area contributed by atoms with Crippen molar-refractivity contribution in [2.75, 3.05) is 0 Å². The third-order valence-corrected chi connectivity index (χ3v) is 4.72. The fraction of sp³-hybridized carbons (Fsp3) is 0.0714. The second-order valence-electron chi connectivity index (χ2n) is 3.98. The van der Waals surface area contributed by atoms with Gasteiger partial charge in [-0.15, -0.1) is 11.8 Å². The summed E-state index contributed by atoms with van der Waals surface area (Å²) in [6, 6.07) is 10.1. The van der Waals surface area contributed by atoms with E-state index in [4.69, 9.17) is 39.9 Å². The number of hydrogen-bond acceptors (Lipinski definition) is 2. The highest BCUT2D eigenvalue weighted by molar-refractivity contribution is 7.98. The first-order chi connectivity index (χ1) is 9.47. The van der Waals surface area contributed by atoms with Crippen molar-refractivity contribution in [1.82, 2.24) is 0 Å². The standard InChI is InChI=1S/C14H9Cl3O2S/c15-11-4-3-10(6-13(11)17)20-7-9-2-1-8(14(18)19)5-12(9)16/h1-6H,7H2,(H,18,19). The lowest BCUT2D eigenvalue weighted by Crippen LogP contribution is -1.96. The van der Waals surface area contributed by atoms with Crippen LogP contribution in [0.4, 0.5) is 0 Å². The molecule has 2 aromatic carbocycles. The molecule has 0 spiro atoms. The van der Waals surface area contributed by atoms with Crippen LogP contribution in [0.2, 0.25) is 15.1 Å². The van der Waals surface area contributed by atoms with Crippen LogP contribution in [0.5, 0.6) is 0 Å². The normalized spacial score (nSPS) is 10.6. The molecule has 2 nitrogen and oxygen atoms in total. The fourth-order valence-corrected chi connectivity index (χ4v) is 3.15. The molecule has 0 saturated carbocycles. The summed E-state index contributed by atoms with van der Waals surface area (Å²) in [5.74, 6) is -0.368. The molecule has 0 unspecified atom stereocenters. The van der Waals surface area contributed by atoms with Gasteiger partial charge in [0.05, 0.1) is 15.6 Å². The van der Waals surface area contributed by atoms with Crippen LogP contribution in [0.15, 0.2) is 41.3 Å². The van der Waals surface area contributed by atoms with Crippen molar-refractivity contribution in [3.63, 3.8) is 0 Å². The third-order valence-electron chi connectivity index (χ3n) is 2.59. The largest absolute Gasteiger partial charge is 0.478 e. The molecule has 0 saturated heterocycles. The van der Waals surface area contributed by atoms with Crippen molar-refractivity contribution in [2.24, 2.45) is 0 Å². The molecule has 1 N–H and O–H groups in total. The van der Waals surface area contributed by atoms with E-state index in [1.807, 2.05) is 6.07 Å². The average Bonchev–Trinajstić information content (AvgIpc) is 2.41. The molecular formula is C14H9Cl3O2S. The van der Waals surface area contributed by atoms with Crippen LogP contribution < -0.4 is 0 Å². The zero-order valence-electron chi connectivity index (χ0n) is 10.1. The van der Waals surface area contributed by atoms with E-state index in [-0.39, 0.29) is 5.56 Å². The lowest BCUT2D eigenvalue weighted by atomic mass is 10.1. The first kappa shape index (κ1) is 15.5. The Labute approximate surface area is 135 Å². The van der Waals surface area contributed by atoms with Gasteiger partial charge >= 0.3 is 5.97 Å². The summed E-state index contributed by atoms with van der Waals surface area (Å²) >= 11 is 19.4. The number of rotatable bonds is 4. The zero-order valence-corrected chi connectivity index (χ0v) is 13.2. The Morgan fingerprint density at radius 3 is 2.35 bits per heavy atom. The van der Waals surface area contributed by atoms with Crippen LogP contribution in [0, 0.1) is 0 Å². The number of hydrogen-bond donors (Lipinski definition) is 1. The molecule has 104 valence electrons. The molecule has 0 aliphatic carbocycles. The van der Waals surface area contributed by atoms with Crippen LogP contribution >= 0.6 is 46.6 Å². The van der Waals surface area contributed by atoms with Gasteiger partial charge in [0.15, 0.2) is 0 Å². The van der Waals surface area contributed by atoms with E-state index in [2.05, 4.69) is 0 Å². The van der Waals surface area contributed by atoms with Crippen LogP contribution in [0.3, 0.4) is 0 Å². The number of halogens is 3. The van der Waals surface area contributed by atoms with Crippen molar-refractivity contribution in [3.8, 4) is 0 Å². The lowest BCUT2D eigenvalue weighted by molar-refractivity contribution is 0.0697. The Kier molecular flexibility index (Phi) is 5.22. The molecule has 0 atom stereocenters. The van der Waals surface area contributed by atoms with Gasteiger partial charge in [-0.1, -0.05) is 40.9 Å². The summed E-state index contributed by atoms with van der Waals surface area (Å²) in [6.07, 6.45) is 0. The van der Waals surface area contributed by atoms with E-state index >= 15 is 0 Å². The van der Waals surface area contributed by atoms with E-state index in [0.29, 0.717) is 20.8 Å². The highest BCUT2D eigenvalue weighted by atomic mass is 35.5.